The molecule has 0 atom stereocenters. The Morgan fingerprint density at radius 2 is 1.58 bits per heavy atom. The molecule has 4 aromatic carbocycles. The van der Waals surface area contributed by atoms with E-state index in [0.717, 1.165) is 20.1 Å². The van der Waals surface area contributed by atoms with Crippen LogP contribution >= 0.6 is 31.9 Å². The maximum absolute atomic E-state index is 13.0. The fourth-order valence-corrected chi connectivity index (χ4v) is 4.73. The van der Waals surface area contributed by atoms with E-state index in [1.807, 2.05) is 24.3 Å². The topological polar surface area (TPSA) is 50.7 Å². The molecule has 4 rings (SSSR count). The highest BCUT2D eigenvalue weighted by molar-refractivity contribution is 9.11. The number of hydrazone groups is 1. The molecule has 0 radical (unpaired) electrons. The van der Waals surface area contributed by atoms with Gasteiger partial charge in [-0.3, -0.25) is 4.79 Å². The zero-order valence-corrected chi connectivity index (χ0v) is 20.6. The van der Waals surface area contributed by atoms with E-state index < -0.39 is 0 Å². The normalized spacial score (nSPS) is 11.1. The summed E-state index contributed by atoms with van der Waals surface area (Å²) >= 11 is 7.10. The van der Waals surface area contributed by atoms with Gasteiger partial charge in [0.05, 0.1) is 21.6 Å². The molecule has 7 heteroatoms. The van der Waals surface area contributed by atoms with Gasteiger partial charge in [-0.15, -0.1) is 0 Å². The van der Waals surface area contributed by atoms with Crippen LogP contribution in [-0.2, 0) is 17.8 Å². The van der Waals surface area contributed by atoms with Crippen molar-refractivity contribution >= 4 is 54.8 Å². The number of nitrogens with zero attached hydrogens (tertiary/aromatic N) is 1. The molecular weight excluding hydrogens is 551 g/mol. The van der Waals surface area contributed by atoms with Crippen LogP contribution in [0.25, 0.3) is 10.8 Å². The molecule has 0 spiro atoms. The number of rotatable bonds is 7. The van der Waals surface area contributed by atoms with E-state index in [2.05, 4.69) is 72.7 Å². The van der Waals surface area contributed by atoms with Gasteiger partial charge < -0.3 is 4.74 Å². The molecule has 0 bridgehead atoms. The van der Waals surface area contributed by atoms with Crippen LogP contribution < -0.4 is 10.2 Å². The fourth-order valence-electron chi connectivity index (χ4n) is 3.28. The lowest BCUT2D eigenvalue weighted by molar-refractivity contribution is -0.120. The van der Waals surface area contributed by atoms with Gasteiger partial charge in [-0.2, -0.15) is 5.10 Å². The SMILES string of the molecule is O=C(Cc1ccc(F)cc1)N/N=C/c1cc(Br)c(OCc2ccc3ccccc3c2)c(Br)c1. The molecule has 33 heavy (non-hydrogen) atoms. The first-order chi connectivity index (χ1) is 16.0. The number of benzene rings is 4. The van der Waals surface area contributed by atoms with Crippen molar-refractivity contribution in [2.75, 3.05) is 0 Å². The van der Waals surface area contributed by atoms with Crippen LogP contribution in [0.3, 0.4) is 0 Å². The Hall–Kier alpha value is -3.03. The van der Waals surface area contributed by atoms with E-state index in [0.29, 0.717) is 17.9 Å². The number of hydrogen-bond acceptors (Lipinski definition) is 3. The first-order valence-electron chi connectivity index (χ1n) is 10.1. The monoisotopic (exact) mass is 568 g/mol. The van der Waals surface area contributed by atoms with Crippen LogP contribution in [0.15, 0.2) is 92.9 Å². The van der Waals surface area contributed by atoms with E-state index in [1.54, 1.807) is 18.3 Å². The summed E-state index contributed by atoms with van der Waals surface area (Å²) in [6.07, 6.45) is 1.66. The molecule has 0 aliphatic rings. The van der Waals surface area contributed by atoms with Crippen molar-refractivity contribution in [1.29, 1.82) is 0 Å². The molecule has 0 fully saturated rings. The molecule has 0 heterocycles. The predicted octanol–water partition coefficient (Wildman–Crippen LogP) is 6.78. The Labute approximate surface area is 207 Å². The Morgan fingerprint density at radius 1 is 0.909 bits per heavy atom. The summed E-state index contributed by atoms with van der Waals surface area (Å²) in [6.45, 7) is 0.426. The number of halogens is 3. The standard InChI is InChI=1S/C26H19Br2FN2O2/c27-23-12-19(15-30-31-25(32)14-17-6-9-22(29)10-7-17)13-24(28)26(23)33-16-18-5-8-20-3-1-2-4-21(20)11-18/h1-13,15H,14,16H2,(H,31,32)/b30-15+. The smallest absolute Gasteiger partial charge is 0.244 e. The molecule has 4 nitrogen and oxygen atoms in total. The Balaban J connectivity index is 1.36. The summed E-state index contributed by atoms with van der Waals surface area (Å²) in [5, 5.41) is 6.37. The van der Waals surface area contributed by atoms with Gasteiger partial charge in [0, 0.05) is 0 Å². The minimum atomic E-state index is -0.335. The summed E-state index contributed by atoms with van der Waals surface area (Å²) in [6, 6.07) is 24.0. The maximum atomic E-state index is 13.0. The maximum Gasteiger partial charge on any atom is 0.244 e. The third kappa shape index (κ3) is 6.27. The average Bonchev–Trinajstić information content (AvgIpc) is 2.80. The average molecular weight is 570 g/mol. The van der Waals surface area contributed by atoms with Crippen LogP contribution in [0.4, 0.5) is 4.39 Å². The zero-order valence-electron chi connectivity index (χ0n) is 17.4. The number of nitrogens with one attached hydrogen (secondary N) is 1. The van der Waals surface area contributed by atoms with Crippen molar-refractivity contribution in [3.8, 4) is 5.75 Å². The third-order valence-corrected chi connectivity index (χ3v) is 6.08. The molecule has 0 aliphatic carbocycles. The van der Waals surface area contributed by atoms with Gasteiger partial charge in [-0.25, -0.2) is 9.82 Å². The van der Waals surface area contributed by atoms with E-state index >= 15 is 0 Å². The minimum Gasteiger partial charge on any atom is -0.487 e. The lowest BCUT2D eigenvalue weighted by Crippen LogP contribution is -2.19. The molecule has 1 amide bonds. The van der Waals surface area contributed by atoms with Crippen molar-refractivity contribution < 1.29 is 13.9 Å². The molecule has 1 N–H and O–H groups in total. The molecule has 0 aliphatic heterocycles. The van der Waals surface area contributed by atoms with Crippen LogP contribution in [0.2, 0.25) is 0 Å². The molecule has 4 aromatic rings. The lowest BCUT2D eigenvalue weighted by atomic mass is 10.1. The Bertz CT molecular complexity index is 1300. The molecule has 0 saturated heterocycles. The molecular formula is C26H19Br2FN2O2. The second-order valence-corrected chi connectivity index (χ2v) is 9.09. The highest BCUT2D eigenvalue weighted by atomic mass is 79.9. The van der Waals surface area contributed by atoms with Gasteiger partial charge in [-0.1, -0.05) is 48.5 Å². The van der Waals surface area contributed by atoms with Crippen molar-refractivity contribution in [3.63, 3.8) is 0 Å². The highest BCUT2D eigenvalue weighted by Crippen LogP contribution is 2.35. The first kappa shape index (κ1) is 23.1. The van der Waals surface area contributed by atoms with E-state index in [-0.39, 0.29) is 18.1 Å². The lowest BCUT2D eigenvalue weighted by Gasteiger charge is -2.12. The molecule has 0 unspecified atom stereocenters. The summed E-state index contributed by atoms with van der Waals surface area (Å²) < 4.78 is 20.5. The van der Waals surface area contributed by atoms with E-state index in [4.69, 9.17) is 4.74 Å². The van der Waals surface area contributed by atoms with E-state index in [1.165, 1.54) is 22.9 Å². The molecule has 166 valence electrons. The molecule has 0 aromatic heterocycles. The van der Waals surface area contributed by atoms with Gasteiger partial charge in [0.2, 0.25) is 5.91 Å². The second-order valence-electron chi connectivity index (χ2n) is 7.38. The van der Waals surface area contributed by atoms with Gasteiger partial charge >= 0.3 is 0 Å². The number of carbonyl (C=O) groups excluding carboxylic acids is 1. The molecule has 0 saturated carbocycles. The quantitative estimate of drug-likeness (QED) is 0.197. The first-order valence-corrected chi connectivity index (χ1v) is 11.7. The van der Waals surface area contributed by atoms with Gasteiger partial charge in [0.15, 0.2) is 0 Å². The van der Waals surface area contributed by atoms with Crippen LogP contribution in [0.1, 0.15) is 16.7 Å². The zero-order chi connectivity index (χ0) is 23.2. The van der Waals surface area contributed by atoms with Gasteiger partial charge in [0.25, 0.3) is 0 Å². The van der Waals surface area contributed by atoms with Crippen molar-refractivity contribution in [3.05, 3.63) is 110 Å². The van der Waals surface area contributed by atoms with Gasteiger partial charge in [0.1, 0.15) is 18.2 Å². The minimum absolute atomic E-state index is 0.118. The second kappa shape index (κ2) is 10.7. The number of ether oxygens (including phenoxy) is 1. The van der Waals surface area contributed by atoms with Crippen molar-refractivity contribution in [2.24, 2.45) is 5.10 Å². The highest BCUT2D eigenvalue weighted by Gasteiger charge is 2.10. The van der Waals surface area contributed by atoms with Gasteiger partial charge in [-0.05, 0) is 89.7 Å². The van der Waals surface area contributed by atoms with Crippen LogP contribution in [-0.4, -0.2) is 12.1 Å². The summed E-state index contributed by atoms with van der Waals surface area (Å²) in [7, 11) is 0. The number of carbonyl (C=O) groups is 1. The summed E-state index contributed by atoms with van der Waals surface area (Å²) in [5.41, 5.74) is 5.04. The van der Waals surface area contributed by atoms with E-state index in [9.17, 15) is 9.18 Å². The Kier molecular flexibility index (Phi) is 7.52. The number of fused-ring (bicyclic) bond motifs is 1. The predicted molar refractivity (Wildman–Crippen MR) is 136 cm³/mol. The van der Waals surface area contributed by atoms with Crippen molar-refractivity contribution in [1.82, 2.24) is 5.43 Å². The Morgan fingerprint density at radius 3 is 2.30 bits per heavy atom. The van der Waals surface area contributed by atoms with Crippen LogP contribution in [0.5, 0.6) is 5.75 Å². The number of amides is 1. The fraction of sp³-hybridized carbons (Fsp3) is 0.0769. The summed E-state index contributed by atoms with van der Waals surface area (Å²) in [4.78, 5) is 12.0. The van der Waals surface area contributed by atoms with Crippen molar-refractivity contribution in [2.45, 2.75) is 13.0 Å². The number of hydrogen-bond donors (Lipinski definition) is 1. The summed E-state index contributed by atoms with van der Waals surface area (Å²) in [5.74, 6) is 0.0602. The van der Waals surface area contributed by atoms with Crippen LogP contribution in [0, 0.1) is 5.82 Å². The largest absolute Gasteiger partial charge is 0.487 e. The third-order valence-electron chi connectivity index (χ3n) is 4.90.